The highest BCUT2D eigenvalue weighted by atomic mass is 16.7. The molecule has 564 valence electrons. The standard InChI is InChI=1S/C75H116N8O18/c1-15-16-17-18-19-20-21-22-29-34-54(43-65(88)101-83-61(84)36-37-62(83)85)99-73(95)60(42-50(8)9)80-69(91)57(40-48(4)5)77-70(92)59(44-64(87)98-46-53-32-27-24-28-33-53)79-72(94)66(51(10)11)82-71(93)58(41-49(6)7)78-68(90)56(39-47(2)3)76-67(89)55(81-74(96)100-75(12,13)14)35-38-63(86)97-45-52-30-25-23-26-31-52/h23-28,30-33,47-51,54-60,66H,15-22,29,34-46H2,1-14H3,(H,76,89)(H,77,92)(H,78,90)(H,79,94)(H,80,91)(H,81,96)(H,82,93)/t54-,55-,56-,57+,58+,59-,60-,66-/m0/s1. The molecule has 9 amide bonds. The van der Waals surface area contributed by atoms with Gasteiger partial charge in [0.2, 0.25) is 35.4 Å². The molecule has 26 heteroatoms. The van der Waals surface area contributed by atoms with Crippen LogP contribution in [0.2, 0.25) is 0 Å². The molecule has 7 N–H and O–H groups in total. The zero-order valence-electron chi connectivity index (χ0n) is 62.1. The SMILES string of the molecule is CCCCCCCCCCC[C@@H](CC(=O)ON1C(=O)CCC1=O)OC(=O)[C@H](CC(C)C)NC(=O)[C@@H](CC(C)C)NC(=O)[C@H](CC(=O)OCc1ccccc1)NC(=O)[C@@H](NC(=O)[C@@H](CC(C)C)NC(=O)[C@H](CC(C)C)NC(=O)[C@H](CCC(=O)OCc1ccccc1)NC(=O)OC(C)(C)C)C(C)C. The Hall–Kier alpha value is -8.45. The number of nitrogens with zero attached hydrogens (tertiary/aromatic N) is 1. The Kier molecular flexibility index (Phi) is 39.0. The number of hydrogen-bond acceptors (Lipinski definition) is 18. The fraction of sp³-hybridized carbons (Fsp3) is 0.667. The van der Waals surface area contributed by atoms with Crippen molar-refractivity contribution in [2.75, 3.05) is 0 Å². The maximum Gasteiger partial charge on any atom is 0.408 e. The molecule has 3 rings (SSSR count). The van der Waals surface area contributed by atoms with Gasteiger partial charge in [0.05, 0.1) is 12.8 Å². The zero-order valence-corrected chi connectivity index (χ0v) is 62.1. The topological polar surface area (TPSA) is 356 Å². The van der Waals surface area contributed by atoms with Crippen LogP contribution in [-0.4, -0.2) is 136 Å². The first kappa shape index (κ1) is 86.8. The number of carbonyl (C=O) groups is 13. The van der Waals surface area contributed by atoms with E-state index in [2.05, 4.69) is 44.1 Å². The van der Waals surface area contributed by atoms with Crippen molar-refractivity contribution < 1.29 is 86.1 Å². The molecule has 1 saturated heterocycles. The summed E-state index contributed by atoms with van der Waals surface area (Å²) in [6.07, 6.45) is 5.22. The number of nitrogens with one attached hydrogen (secondary N) is 7. The van der Waals surface area contributed by atoms with Crippen molar-refractivity contribution in [2.24, 2.45) is 29.6 Å². The van der Waals surface area contributed by atoms with Crippen LogP contribution in [0.15, 0.2) is 60.7 Å². The maximum atomic E-state index is 14.8. The van der Waals surface area contributed by atoms with Crippen LogP contribution in [0.4, 0.5) is 4.79 Å². The monoisotopic (exact) mass is 1420 g/mol. The summed E-state index contributed by atoms with van der Waals surface area (Å²) in [6.45, 7) is 24.5. The van der Waals surface area contributed by atoms with Gasteiger partial charge in [0.15, 0.2) is 0 Å². The van der Waals surface area contributed by atoms with Gasteiger partial charge in [0.1, 0.15) is 67.2 Å². The number of unbranched alkanes of at least 4 members (excludes halogenated alkanes) is 8. The summed E-state index contributed by atoms with van der Waals surface area (Å²) in [5.74, 6) is -11.6. The van der Waals surface area contributed by atoms with E-state index in [-0.39, 0.29) is 94.7 Å². The molecule has 1 heterocycles. The van der Waals surface area contributed by atoms with Gasteiger partial charge in [-0.2, -0.15) is 0 Å². The second kappa shape index (κ2) is 45.4. The van der Waals surface area contributed by atoms with Gasteiger partial charge in [-0.25, -0.2) is 14.4 Å². The second-order valence-corrected chi connectivity index (χ2v) is 29.2. The fourth-order valence-corrected chi connectivity index (χ4v) is 11.0. The van der Waals surface area contributed by atoms with E-state index in [4.69, 9.17) is 23.8 Å². The first-order valence-corrected chi connectivity index (χ1v) is 36.1. The number of carbonyl (C=O) groups excluding carboxylic acids is 13. The summed E-state index contributed by atoms with van der Waals surface area (Å²) in [5.41, 5.74) is 0.396. The van der Waals surface area contributed by atoms with Crippen molar-refractivity contribution in [1.29, 1.82) is 0 Å². The molecular weight excluding hydrogens is 1300 g/mol. The lowest BCUT2D eigenvalue weighted by Gasteiger charge is -2.30. The third kappa shape index (κ3) is 35.6. The number of hydrogen-bond donors (Lipinski definition) is 7. The van der Waals surface area contributed by atoms with E-state index in [1.165, 1.54) is 6.42 Å². The Morgan fingerprint density at radius 1 is 0.446 bits per heavy atom. The van der Waals surface area contributed by atoms with Crippen molar-refractivity contribution in [1.82, 2.24) is 42.3 Å². The number of ether oxygens (including phenoxy) is 4. The minimum Gasteiger partial charge on any atom is -0.461 e. The van der Waals surface area contributed by atoms with E-state index in [0.29, 0.717) is 17.0 Å². The molecule has 0 aromatic heterocycles. The third-order valence-electron chi connectivity index (χ3n) is 16.2. The molecule has 26 nitrogen and oxygen atoms in total. The minimum absolute atomic E-state index is 0.00788. The normalized spacial score (nSPS) is 14.7. The smallest absolute Gasteiger partial charge is 0.408 e. The number of alkyl carbamates (subject to hydrolysis) is 1. The Morgan fingerprint density at radius 2 is 0.851 bits per heavy atom. The van der Waals surface area contributed by atoms with E-state index < -0.39 is 150 Å². The number of esters is 3. The number of benzene rings is 2. The first-order valence-electron chi connectivity index (χ1n) is 36.1. The molecule has 101 heavy (non-hydrogen) atoms. The highest BCUT2D eigenvalue weighted by molar-refractivity contribution is 6.02. The Bertz CT molecular complexity index is 2970. The molecule has 0 bridgehead atoms. The highest BCUT2D eigenvalue weighted by Gasteiger charge is 2.39. The predicted molar refractivity (Wildman–Crippen MR) is 377 cm³/mol. The van der Waals surface area contributed by atoms with Crippen LogP contribution in [-0.2, 0) is 94.5 Å². The average molecular weight is 1420 g/mol. The van der Waals surface area contributed by atoms with Crippen molar-refractivity contribution in [3.63, 3.8) is 0 Å². The van der Waals surface area contributed by atoms with Crippen molar-refractivity contribution in [3.05, 3.63) is 71.8 Å². The highest BCUT2D eigenvalue weighted by Crippen LogP contribution is 2.21. The Balaban J connectivity index is 1.93. The summed E-state index contributed by atoms with van der Waals surface area (Å²) in [4.78, 5) is 185. The van der Waals surface area contributed by atoms with Gasteiger partial charge >= 0.3 is 30.0 Å². The molecular formula is C75H116N8O18. The number of imide groups is 1. The molecule has 0 radical (unpaired) electrons. The molecule has 1 fully saturated rings. The van der Waals surface area contributed by atoms with Gasteiger partial charge in [-0.1, -0.05) is 188 Å². The van der Waals surface area contributed by atoms with E-state index in [1.54, 1.807) is 117 Å². The Morgan fingerprint density at radius 3 is 1.31 bits per heavy atom. The van der Waals surface area contributed by atoms with Crippen LogP contribution < -0.4 is 37.2 Å². The van der Waals surface area contributed by atoms with E-state index in [1.807, 2.05) is 33.8 Å². The molecule has 0 aliphatic carbocycles. The summed E-state index contributed by atoms with van der Waals surface area (Å²) >= 11 is 0. The van der Waals surface area contributed by atoms with Gasteiger partial charge in [-0.15, -0.1) is 5.06 Å². The second-order valence-electron chi connectivity index (χ2n) is 29.2. The number of amides is 9. The summed E-state index contributed by atoms with van der Waals surface area (Å²) < 4.78 is 22.4. The lowest BCUT2D eigenvalue weighted by Crippen LogP contribution is -2.61. The van der Waals surface area contributed by atoms with Gasteiger partial charge in [-0.3, -0.25) is 47.9 Å². The van der Waals surface area contributed by atoms with E-state index >= 15 is 0 Å². The van der Waals surface area contributed by atoms with Crippen LogP contribution in [0.3, 0.4) is 0 Å². The van der Waals surface area contributed by atoms with E-state index in [0.717, 1.165) is 50.5 Å². The van der Waals surface area contributed by atoms with Crippen molar-refractivity contribution in [2.45, 2.75) is 293 Å². The molecule has 2 aromatic carbocycles. The van der Waals surface area contributed by atoms with Gasteiger partial charge in [0, 0.05) is 19.3 Å². The predicted octanol–water partition coefficient (Wildman–Crippen LogP) is 9.12. The van der Waals surface area contributed by atoms with Crippen LogP contribution >= 0.6 is 0 Å². The molecule has 1 aliphatic rings. The number of rotatable bonds is 46. The minimum atomic E-state index is -1.74. The lowest BCUT2D eigenvalue weighted by molar-refractivity contribution is -0.199. The fourth-order valence-electron chi connectivity index (χ4n) is 11.0. The largest absolute Gasteiger partial charge is 0.461 e. The van der Waals surface area contributed by atoms with Gasteiger partial charge < -0.3 is 61.0 Å². The quantitative estimate of drug-likeness (QED) is 0.0140. The molecule has 1 aliphatic heterocycles. The number of hydroxylamine groups is 2. The van der Waals surface area contributed by atoms with Crippen LogP contribution in [0.5, 0.6) is 0 Å². The maximum absolute atomic E-state index is 14.8. The average Bonchev–Trinajstić information content (AvgIpc) is 0.942. The molecule has 0 unspecified atom stereocenters. The summed E-state index contributed by atoms with van der Waals surface area (Å²) in [5, 5.41) is 19.2. The first-order chi connectivity index (χ1) is 47.6. The molecule has 2 aromatic rings. The van der Waals surface area contributed by atoms with E-state index in [9.17, 15) is 62.3 Å². The summed E-state index contributed by atoms with van der Waals surface area (Å²) in [6, 6.07) is 7.76. The molecule has 8 atom stereocenters. The lowest BCUT2D eigenvalue weighted by atomic mass is 9.98. The van der Waals surface area contributed by atoms with Gasteiger partial charge in [-0.05, 0) is 106 Å². The third-order valence-corrected chi connectivity index (χ3v) is 16.2. The zero-order chi connectivity index (χ0) is 75.4. The van der Waals surface area contributed by atoms with Crippen molar-refractivity contribution in [3.8, 4) is 0 Å². The molecule has 0 spiro atoms. The van der Waals surface area contributed by atoms with Gasteiger partial charge in [0.25, 0.3) is 11.8 Å². The van der Waals surface area contributed by atoms with Crippen LogP contribution in [0.25, 0.3) is 0 Å². The molecule has 0 saturated carbocycles. The van der Waals surface area contributed by atoms with Crippen LogP contribution in [0.1, 0.15) is 236 Å². The Labute approximate surface area is 597 Å². The summed E-state index contributed by atoms with van der Waals surface area (Å²) in [7, 11) is 0. The van der Waals surface area contributed by atoms with Crippen molar-refractivity contribution >= 4 is 77.2 Å². The van der Waals surface area contributed by atoms with Crippen LogP contribution in [0, 0.1) is 29.6 Å².